The van der Waals surface area contributed by atoms with Gasteiger partial charge in [-0.15, -0.1) is 0 Å². The molecular weight excluding hydrogens is 420 g/mol. The summed E-state index contributed by atoms with van der Waals surface area (Å²) in [6, 6.07) is 24.0. The number of rotatable bonds is 7. The van der Waals surface area contributed by atoms with Crippen molar-refractivity contribution < 1.29 is 13.2 Å². The Morgan fingerprint density at radius 3 is 2.47 bits per heavy atom. The molecule has 0 spiro atoms. The number of fused-ring (bicyclic) bond motifs is 1. The first-order chi connectivity index (χ1) is 15.4. The molecule has 0 bridgehead atoms. The molecule has 4 aromatic rings. The van der Waals surface area contributed by atoms with Gasteiger partial charge in [-0.05, 0) is 54.8 Å². The first-order valence-electron chi connectivity index (χ1n) is 10.4. The maximum Gasteiger partial charge on any atom is 0.268 e. The van der Waals surface area contributed by atoms with Crippen LogP contribution < -0.4 is 5.32 Å². The van der Waals surface area contributed by atoms with Crippen LogP contribution in [0.4, 0.5) is 0 Å². The smallest absolute Gasteiger partial charge is 0.268 e. The number of amides is 1. The molecule has 0 fully saturated rings. The molecule has 0 radical (unpaired) electrons. The van der Waals surface area contributed by atoms with E-state index in [-0.39, 0.29) is 10.8 Å². The summed E-state index contributed by atoms with van der Waals surface area (Å²) in [5.41, 5.74) is 3.54. The minimum absolute atomic E-state index is 0.166. The third-order valence-electron chi connectivity index (χ3n) is 5.24. The molecule has 1 heterocycles. The van der Waals surface area contributed by atoms with E-state index in [1.54, 1.807) is 42.6 Å². The van der Waals surface area contributed by atoms with Gasteiger partial charge in [-0.25, -0.2) is 12.4 Å². The fraction of sp³-hybridized carbons (Fsp3) is 0.115. The van der Waals surface area contributed by atoms with Crippen molar-refractivity contribution in [3.05, 3.63) is 108 Å². The van der Waals surface area contributed by atoms with Gasteiger partial charge in [0.2, 0.25) is 5.91 Å². The van der Waals surface area contributed by atoms with Crippen LogP contribution in [0, 0.1) is 6.92 Å². The lowest BCUT2D eigenvalue weighted by Gasteiger charge is -2.09. The zero-order valence-electron chi connectivity index (χ0n) is 17.7. The number of carbonyl (C=O) groups is 1. The Morgan fingerprint density at radius 2 is 1.72 bits per heavy atom. The van der Waals surface area contributed by atoms with Crippen molar-refractivity contribution in [2.75, 3.05) is 6.54 Å². The minimum Gasteiger partial charge on any atom is -0.352 e. The van der Waals surface area contributed by atoms with Crippen molar-refractivity contribution in [1.29, 1.82) is 0 Å². The summed E-state index contributed by atoms with van der Waals surface area (Å²) in [7, 11) is -3.69. The maximum absolute atomic E-state index is 13.1. The summed E-state index contributed by atoms with van der Waals surface area (Å²) < 4.78 is 27.6. The molecule has 1 amide bonds. The van der Waals surface area contributed by atoms with Gasteiger partial charge in [0.05, 0.1) is 10.4 Å². The first-order valence-corrected chi connectivity index (χ1v) is 11.8. The standard InChI is InChI=1S/C26H24N2O3S/c1-20-7-12-24(13-8-20)32(30,31)28-18-16-23-11-9-22(19-25(23)28)15-17-27-26(29)14-10-21-5-3-2-4-6-21/h2-14,16,18-19H,15,17H2,1H3,(H,27,29)/b14-10+. The Bertz CT molecular complexity index is 1370. The molecule has 6 heteroatoms. The summed E-state index contributed by atoms with van der Waals surface area (Å²) in [6.45, 7) is 2.37. The van der Waals surface area contributed by atoms with Gasteiger partial charge < -0.3 is 5.32 Å². The topological polar surface area (TPSA) is 68.2 Å². The van der Waals surface area contributed by atoms with E-state index in [0.717, 1.165) is 22.1 Å². The van der Waals surface area contributed by atoms with Gasteiger partial charge in [0.25, 0.3) is 10.0 Å². The Hall–Kier alpha value is -3.64. The van der Waals surface area contributed by atoms with Crippen molar-refractivity contribution in [1.82, 2.24) is 9.29 Å². The number of carbonyl (C=O) groups excluding carboxylic acids is 1. The Balaban J connectivity index is 1.46. The number of hydrogen-bond donors (Lipinski definition) is 1. The van der Waals surface area contributed by atoms with Gasteiger partial charge in [0, 0.05) is 24.2 Å². The third-order valence-corrected chi connectivity index (χ3v) is 6.94. The maximum atomic E-state index is 13.1. The summed E-state index contributed by atoms with van der Waals surface area (Å²) in [6.07, 6.45) is 5.46. The van der Waals surface area contributed by atoms with E-state index in [1.165, 1.54) is 10.0 Å². The molecule has 0 saturated carbocycles. The van der Waals surface area contributed by atoms with E-state index in [0.29, 0.717) is 18.5 Å². The molecule has 0 unspecified atom stereocenters. The monoisotopic (exact) mass is 444 g/mol. The summed E-state index contributed by atoms with van der Waals surface area (Å²) in [5.74, 6) is -0.166. The quantitative estimate of drug-likeness (QED) is 0.425. The lowest BCUT2D eigenvalue weighted by molar-refractivity contribution is -0.116. The number of aryl methyl sites for hydroxylation is 1. The highest BCUT2D eigenvalue weighted by Crippen LogP contribution is 2.23. The summed E-state index contributed by atoms with van der Waals surface area (Å²) in [4.78, 5) is 12.3. The van der Waals surface area contributed by atoms with E-state index < -0.39 is 10.0 Å². The zero-order valence-corrected chi connectivity index (χ0v) is 18.5. The molecule has 0 aliphatic rings. The average molecular weight is 445 g/mol. The van der Waals surface area contributed by atoms with E-state index in [2.05, 4.69) is 5.32 Å². The molecule has 0 aliphatic carbocycles. The van der Waals surface area contributed by atoms with E-state index in [1.807, 2.05) is 55.5 Å². The van der Waals surface area contributed by atoms with Gasteiger partial charge in [-0.2, -0.15) is 0 Å². The van der Waals surface area contributed by atoms with Gasteiger partial charge in [0.15, 0.2) is 0 Å². The van der Waals surface area contributed by atoms with E-state index in [4.69, 9.17) is 0 Å². The second kappa shape index (κ2) is 9.24. The molecule has 1 N–H and O–H groups in total. The Labute approximate surface area is 188 Å². The highest BCUT2D eigenvalue weighted by Gasteiger charge is 2.18. The second-order valence-electron chi connectivity index (χ2n) is 7.61. The normalized spacial score (nSPS) is 11.8. The van der Waals surface area contributed by atoms with Gasteiger partial charge in [-0.3, -0.25) is 4.79 Å². The Kier molecular flexibility index (Phi) is 6.23. The predicted octanol–water partition coefficient (Wildman–Crippen LogP) is 4.56. The fourth-order valence-corrected chi connectivity index (χ4v) is 4.81. The molecule has 0 saturated heterocycles. The van der Waals surface area contributed by atoms with Crippen LogP contribution in [0.25, 0.3) is 17.0 Å². The molecule has 32 heavy (non-hydrogen) atoms. The molecular formula is C26H24N2O3S. The average Bonchev–Trinajstić information content (AvgIpc) is 3.23. The SMILES string of the molecule is Cc1ccc(S(=O)(=O)n2ccc3ccc(CCNC(=O)/C=C/c4ccccc4)cc32)cc1. The zero-order chi connectivity index (χ0) is 22.6. The second-order valence-corrected chi connectivity index (χ2v) is 9.42. The molecule has 1 aromatic heterocycles. The third kappa shape index (κ3) is 4.81. The van der Waals surface area contributed by atoms with Crippen molar-refractivity contribution in [2.45, 2.75) is 18.2 Å². The highest BCUT2D eigenvalue weighted by molar-refractivity contribution is 7.90. The van der Waals surface area contributed by atoms with Crippen LogP contribution in [-0.2, 0) is 21.2 Å². The number of nitrogens with zero attached hydrogens (tertiary/aromatic N) is 1. The lowest BCUT2D eigenvalue weighted by Crippen LogP contribution is -2.23. The number of nitrogens with one attached hydrogen (secondary N) is 1. The van der Waals surface area contributed by atoms with Crippen LogP contribution in [-0.4, -0.2) is 24.8 Å². The molecule has 0 atom stereocenters. The molecule has 3 aromatic carbocycles. The number of benzene rings is 3. The Morgan fingerprint density at radius 1 is 0.969 bits per heavy atom. The number of hydrogen-bond acceptors (Lipinski definition) is 3. The van der Waals surface area contributed by atoms with Crippen LogP contribution in [0.15, 0.2) is 96.0 Å². The fourth-order valence-electron chi connectivity index (χ4n) is 3.46. The predicted molar refractivity (Wildman–Crippen MR) is 128 cm³/mol. The van der Waals surface area contributed by atoms with Crippen molar-refractivity contribution >= 4 is 32.9 Å². The van der Waals surface area contributed by atoms with Crippen LogP contribution >= 0.6 is 0 Å². The van der Waals surface area contributed by atoms with Crippen LogP contribution in [0.5, 0.6) is 0 Å². The van der Waals surface area contributed by atoms with Gasteiger partial charge in [0.1, 0.15) is 0 Å². The van der Waals surface area contributed by atoms with E-state index in [9.17, 15) is 13.2 Å². The van der Waals surface area contributed by atoms with Crippen LogP contribution in [0.1, 0.15) is 16.7 Å². The lowest BCUT2D eigenvalue weighted by atomic mass is 10.1. The summed E-state index contributed by atoms with van der Waals surface area (Å²) >= 11 is 0. The largest absolute Gasteiger partial charge is 0.352 e. The molecule has 162 valence electrons. The summed E-state index contributed by atoms with van der Waals surface area (Å²) in [5, 5.41) is 3.72. The number of aromatic nitrogens is 1. The van der Waals surface area contributed by atoms with Crippen molar-refractivity contribution in [3.63, 3.8) is 0 Å². The van der Waals surface area contributed by atoms with Gasteiger partial charge in [-0.1, -0.05) is 60.2 Å². The van der Waals surface area contributed by atoms with Crippen molar-refractivity contribution in [3.8, 4) is 0 Å². The first kappa shape index (κ1) is 21.6. The van der Waals surface area contributed by atoms with Gasteiger partial charge >= 0.3 is 0 Å². The van der Waals surface area contributed by atoms with Crippen LogP contribution in [0.3, 0.4) is 0 Å². The highest BCUT2D eigenvalue weighted by atomic mass is 32.2. The van der Waals surface area contributed by atoms with Crippen LogP contribution in [0.2, 0.25) is 0 Å². The minimum atomic E-state index is -3.69. The van der Waals surface area contributed by atoms with Crippen molar-refractivity contribution in [2.24, 2.45) is 0 Å². The molecule has 5 nitrogen and oxygen atoms in total. The van der Waals surface area contributed by atoms with E-state index >= 15 is 0 Å². The molecule has 4 rings (SSSR count). The molecule has 0 aliphatic heterocycles.